The second kappa shape index (κ2) is 5.47. The highest BCUT2D eigenvalue weighted by molar-refractivity contribution is 5.34. The molecule has 4 heteroatoms. The van der Waals surface area contributed by atoms with Gasteiger partial charge in [-0.05, 0) is 24.7 Å². The molecule has 0 aliphatic rings. The van der Waals surface area contributed by atoms with Gasteiger partial charge in [-0.1, -0.05) is 12.1 Å². The number of aliphatic hydroxyl groups excluding tert-OH is 2. The average molecular weight is 206 g/mol. The number of nitrogens with zero attached hydrogens (tertiary/aromatic N) is 1. The molecule has 0 heterocycles. The molecule has 0 fully saturated rings. The minimum atomic E-state index is -0.967. The van der Waals surface area contributed by atoms with E-state index in [1.807, 2.05) is 6.07 Å². The highest BCUT2D eigenvalue weighted by Crippen LogP contribution is 2.17. The van der Waals surface area contributed by atoms with Gasteiger partial charge in [0, 0.05) is 6.54 Å². The lowest BCUT2D eigenvalue weighted by atomic mass is 10.0. The predicted octanol–water partition coefficient (Wildman–Crippen LogP) is 0.172. The molecule has 0 amide bonds. The third kappa shape index (κ3) is 3.03. The maximum absolute atomic E-state index is 9.74. The Morgan fingerprint density at radius 2 is 2.20 bits per heavy atom. The predicted molar refractivity (Wildman–Crippen MR) is 56.1 cm³/mol. The summed E-state index contributed by atoms with van der Waals surface area (Å²) in [6.07, 6.45) is -1.84. The first-order valence-corrected chi connectivity index (χ1v) is 4.70. The van der Waals surface area contributed by atoms with Gasteiger partial charge in [0.2, 0.25) is 0 Å². The van der Waals surface area contributed by atoms with Crippen LogP contribution in [0.5, 0.6) is 0 Å². The Morgan fingerprint density at radius 1 is 1.47 bits per heavy atom. The van der Waals surface area contributed by atoms with E-state index in [2.05, 4.69) is 5.32 Å². The van der Waals surface area contributed by atoms with Crippen molar-refractivity contribution in [2.24, 2.45) is 0 Å². The van der Waals surface area contributed by atoms with Crippen LogP contribution in [0.15, 0.2) is 24.3 Å². The van der Waals surface area contributed by atoms with Crippen LogP contribution in [0.2, 0.25) is 0 Å². The van der Waals surface area contributed by atoms with Crippen LogP contribution in [-0.4, -0.2) is 29.9 Å². The molecular weight excluding hydrogens is 192 g/mol. The van der Waals surface area contributed by atoms with E-state index < -0.39 is 12.2 Å². The Balaban J connectivity index is 2.82. The van der Waals surface area contributed by atoms with Crippen molar-refractivity contribution in [1.82, 2.24) is 5.32 Å². The smallest absolute Gasteiger partial charge is 0.106 e. The van der Waals surface area contributed by atoms with Crippen LogP contribution in [0.4, 0.5) is 0 Å². The van der Waals surface area contributed by atoms with Crippen molar-refractivity contribution >= 4 is 0 Å². The second-order valence-electron chi connectivity index (χ2n) is 3.31. The summed E-state index contributed by atoms with van der Waals surface area (Å²) in [5, 5.41) is 30.7. The standard InChI is InChI=1S/C11H14N2O2/c1-13-7-10(14)11(15)9-4-2-3-8(5-9)6-12/h2-5,10-11,13-15H,7H2,1H3. The molecule has 0 bridgehead atoms. The molecule has 3 N–H and O–H groups in total. The maximum Gasteiger partial charge on any atom is 0.106 e. The lowest BCUT2D eigenvalue weighted by Gasteiger charge is -2.17. The topological polar surface area (TPSA) is 76.3 Å². The van der Waals surface area contributed by atoms with Gasteiger partial charge in [0.15, 0.2) is 0 Å². The maximum atomic E-state index is 9.74. The number of aliphatic hydroxyl groups is 2. The van der Waals surface area contributed by atoms with Crippen molar-refractivity contribution in [3.05, 3.63) is 35.4 Å². The zero-order valence-electron chi connectivity index (χ0n) is 8.51. The van der Waals surface area contributed by atoms with Gasteiger partial charge >= 0.3 is 0 Å². The van der Waals surface area contributed by atoms with Gasteiger partial charge in [0.25, 0.3) is 0 Å². The number of likely N-dealkylation sites (N-methyl/N-ethyl adjacent to an activating group) is 1. The van der Waals surface area contributed by atoms with Gasteiger partial charge in [0.05, 0.1) is 17.7 Å². The van der Waals surface area contributed by atoms with Crippen molar-refractivity contribution in [2.75, 3.05) is 13.6 Å². The molecule has 1 aromatic carbocycles. The van der Waals surface area contributed by atoms with E-state index in [4.69, 9.17) is 5.26 Å². The monoisotopic (exact) mass is 206 g/mol. The first-order valence-electron chi connectivity index (χ1n) is 4.70. The van der Waals surface area contributed by atoms with Crippen LogP contribution in [0, 0.1) is 11.3 Å². The van der Waals surface area contributed by atoms with Crippen LogP contribution < -0.4 is 5.32 Å². The summed E-state index contributed by atoms with van der Waals surface area (Å²) in [5.74, 6) is 0. The molecule has 0 radical (unpaired) electrons. The highest BCUT2D eigenvalue weighted by atomic mass is 16.3. The molecule has 4 nitrogen and oxygen atoms in total. The molecule has 0 aliphatic carbocycles. The van der Waals surface area contributed by atoms with E-state index in [1.54, 1.807) is 31.3 Å². The lowest BCUT2D eigenvalue weighted by molar-refractivity contribution is 0.0202. The fourth-order valence-corrected chi connectivity index (χ4v) is 1.34. The summed E-state index contributed by atoms with van der Waals surface area (Å²) >= 11 is 0. The summed E-state index contributed by atoms with van der Waals surface area (Å²) in [6, 6.07) is 8.58. The van der Waals surface area contributed by atoms with Gasteiger partial charge in [-0.15, -0.1) is 0 Å². The van der Waals surface area contributed by atoms with Crippen LogP contribution in [0.25, 0.3) is 0 Å². The molecule has 0 saturated carbocycles. The number of hydrogen-bond acceptors (Lipinski definition) is 4. The quantitative estimate of drug-likeness (QED) is 0.656. The molecule has 1 rings (SSSR count). The van der Waals surface area contributed by atoms with E-state index in [-0.39, 0.29) is 0 Å². The molecule has 0 saturated heterocycles. The third-order valence-electron chi connectivity index (χ3n) is 2.13. The second-order valence-corrected chi connectivity index (χ2v) is 3.31. The lowest BCUT2D eigenvalue weighted by Crippen LogP contribution is -2.29. The van der Waals surface area contributed by atoms with E-state index in [0.29, 0.717) is 17.7 Å². The Kier molecular flexibility index (Phi) is 4.25. The molecule has 0 aliphatic heterocycles. The SMILES string of the molecule is CNCC(O)C(O)c1cccc(C#N)c1. The van der Waals surface area contributed by atoms with Gasteiger partial charge in [-0.25, -0.2) is 0 Å². The molecule has 0 spiro atoms. The summed E-state index contributed by atoms with van der Waals surface area (Å²) in [7, 11) is 1.70. The van der Waals surface area contributed by atoms with Crippen LogP contribution >= 0.6 is 0 Å². The first-order chi connectivity index (χ1) is 7.19. The van der Waals surface area contributed by atoms with Crippen molar-refractivity contribution in [3.63, 3.8) is 0 Å². The summed E-state index contributed by atoms with van der Waals surface area (Å²) in [6.45, 7) is 0.304. The summed E-state index contributed by atoms with van der Waals surface area (Å²) < 4.78 is 0. The van der Waals surface area contributed by atoms with Gasteiger partial charge in [-0.3, -0.25) is 0 Å². The minimum absolute atomic E-state index is 0.304. The van der Waals surface area contributed by atoms with E-state index in [9.17, 15) is 10.2 Å². The van der Waals surface area contributed by atoms with Crippen molar-refractivity contribution in [3.8, 4) is 6.07 Å². The van der Waals surface area contributed by atoms with Gasteiger partial charge in [0.1, 0.15) is 6.10 Å². The Labute approximate surface area is 88.8 Å². The van der Waals surface area contributed by atoms with E-state index in [0.717, 1.165) is 0 Å². The minimum Gasteiger partial charge on any atom is -0.389 e. The van der Waals surface area contributed by atoms with Crippen molar-refractivity contribution in [1.29, 1.82) is 5.26 Å². The summed E-state index contributed by atoms with van der Waals surface area (Å²) in [5.41, 5.74) is 1.03. The van der Waals surface area contributed by atoms with Crippen LogP contribution in [0.1, 0.15) is 17.2 Å². The zero-order valence-corrected chi connectivity index (χ0v) is 8.51. The Bertz CT molecular complexity index is 360. The normalized spacial score (nSPS) is 14.3. The molecule has 0 aromatic heterocycles. The number of hydrogen-bond donors (Lipinski definition) is 3. The third-order valence-corrected chi connectivity index (χ3v) is 2.13. The molecular formula is C11H14N2O2. The largest absolute Gasteiger partial charge is 0.389 e. The highest BCUT2D eigenvalue weighted by Gasteiger charge is 2.17. The van der Waals surface area contributed by atoms with E-state index in [1.165, 1.54) is 0 Å². The van der Waals surface area contributed by atoms with Crippen molar-refractivity contribution in [2.45, 2.75) is 12.2 Å². The van der Waals surface area contributed by atoms with Gasteiger partial charge in [-0.2, -0.15) is 5.26 Å². The van der Waals surface area contributed by atoms with Crippen LogP contribution in [-0.2, 0) is 0 Å². The fraction of sp³-hybridized carbons (Fsp3) is 0.364. The zero-order chi connectivity index (χ0) is 11.3. The van der Waals surface area contributed by atoms with E-state index >= 15 is 0 Å². The Morgan fingerprint density at radius 3 is 2.80 bits per heavy atom. The Hall–Kier alpha value is -1.41. The molecule has 2 atom stereocenters. The first kappa shape index (κ1) is 11.7. The number of nitrogens with one attached hydrogen (secondary N) is 1. The summed E-state index contributed by atoms with van der Waals surface area (Å²) in [4.78, 5) is 0. The number of rotatable bonds is 4. The molecule has 80 valence electrons. The molecule has 1 aromatic rings. The molecule has 2 unspecified atom stereocenters. The number of benzene rings is 1. The van der Waals surface area contributed by atoms with Crippen LogP contribution in [0.3, 0.4) is 0 Å². The molecule has 15 heavy (non-hydrogen) atoms. The fourth-order valence-electron chi connectivity index (χ4n) is 1.34. The number of nitriles is 1. The average Bonchev–Trinajstić information content (AvgIpc) is 2.28. The van der Waals surface area contributed by atoms with Crippen molar-refractivity contribution < 1.29 is 10.2 Å². The van der Waals surface area contributed by atoms with Gasteiger partial charge < -0.3 is 15.5 Å².